The Morgan fingerprint density at radius 2 is 1.07 bits per heavy atom. The molecule has 0 aliphatic heterocycles. The zero-order chi connectivity index (χ0) is 33.9. The molecule has 0 N–H and O–H groups in total. The fraction of sp³-hybridized carbons (Fsp3) is 0.632. The molecule has 42 heavy (non-hydrogen) atoms. The molecular formula is C19H9Cl4F17O2. The van der Waals surface area contributed by atoms with E-state index in [2.05, 4.69) is 4.74 Å². The summed E-state index contributed by atoms with van der Waals surface area (Å²) in [5.74, 6) is -59.4. The lowest BCUT2D eigenvalue weighted by Gasteiger charge is -2.43. The Hall–Kier alpha value is -1.34. The molecule has 0 aromatic heterocycles. The van der Waals surface area contributed by atoms with Gasteiger partial charge in [-0.05, 0) is 12.5 Å². The van der Waals surface area contributed by atoms with E-state index in [1.807, 2.05) is 0 Å². The third-order valence-electron chi connectivity index (χ3n) is 5.16. The number of hydrogen-bond acceptors (Lipinski definition) is 2. The number of alkyl halides is 18. The maximum atomic E-state index is 14.3. The van der Waals surface area contributed by atoms with Crippen molar-refractivity contribution in [1.29, 1.82) is 0 Å². The summed E-state index contributed by atoms with van der Waals surface area (Å²) in [4.78, 5) is 11.2. The topological polar surface area (TPSA) is 26.3 Å². The number of hydrogen-bond donors (Lipinski definition) is 0. The van der Waals surface area contributed by atoms with E-state index in [4.69, 9.17) is 46.4 Å². The molecule has 0 aliphatic carbocycles. The van der Waals surface area contributed by atoms with Gasteiger partial charge in [0.1, 0.15) is 0 Å². The first kappa shape index (κ1) is 38.7. The van der Waals surface area contributed by atoms with Crippen LogP contribution in [0, 0.1) is 0 Å². The lowest BCUT2D eigenvalue weighted by atomic mass is 9.87. The number of esters is 1. The first-order chi connectivity index (χ1) is 18.3. The zero-order valence-electron chi connectivity index (χ0n) is 19.3. The number of benzene rings is 1. The van der Waals surface area contributed by atoms with Crippen molar-refractivity contribution in [3.05, 3.63) is 26.7 Å². The molecule has 0 saturated heterocycles. The van der Waals surface area contributed by atoms with Crippen LogP contribution >= 0.6 is 46.4 Å². The summed E-state index contributed by atoms with van der Waals surface area (Å²) in [5, 5.41) is -4.60. The Morgan fingerprint density at radius 3 is 1.45 bits per heavy atom. The van der Waals surface area contributed by atoms with Gasteiger partial charge in [-0.3, -0.25) is 4.79 Å². The molecule has 0 spiro atoms. The molecule has 1 rings (SSSR count). The van der Waals surface area contributed by atoms with Crippen LogP contribution in [-0.4, -0.2) is 59.0 Å². The van der Waals surface area contributed by atoms with Gasteiger partial charge < -0.3 is 4.74 Å². The highest BCUT2D eigenvalue weighted by Gasteiger charge is 2.95. The van der Waals surface area contributed by atoms with E-state index in [1.54, 1.807) is 0 Å². The Bertz CT molecular complexity index is 1180. The molecule has 1 aromatic rings. The predicted octanol–water partition coefficient (Wildman–Crippen LogP) is 10.1. The van der Waals surface area contributed by atoms with Crippen LogP contribution in [0.15, 0.2) is 6.07 Å². The van der Waals surface area contributed by atoms with Gasteiger partial charge in [-0.1, -0.05) is 34.8 Å². The molecule has 1 aromatic carbocycles. The molecule has 2 nitrogen and oxygen atoms in total. The Balaban J connectivity index is 3.56. The van der Waals surface area contributed by atoms with Gasteiger partial charge >= 0.3 is 53.6 Å². The van der Waals surface area contributed by atoms with E-state index in [9.17, 15) is 79.4 Å². The number of carbonyl (C=O) groups is 1. The van der Waals surface area contributed by atoms with Crippen LogP contribution in [-0.2, 0) is 11.2 Å². The van der Waals surface area contributed by atoms with Crippen molar-refractivity contribution >= 4 is 52.4 Å². The number of halogens is 21. The lowest BCUT2D eigenvalue weighted by Crippen LogP contribution is -2.74. The molecule has 0 amide bonds. The van der Waals surface area contributed by atoms with E-state index < -0.39 is 98.2 Å². The van der Waals surface area contributed by atoms with Crippen molar-refractivity contribution in [3.8, 4) is 5.75 Å². The minimum Gasteiger partial charge on any atom is -0.425 e. The molecule has 0 aliphatic rings. The average molecular weight is 734 g/mol. The fourth-order valence-electron chi connectivity index (χ4n) is 2.96. The average Bonchev–Trinajstić information content (AvgIpc) is 2.77. The van der Waals surface area contributed by atoms with Gasteiger partial charge in [-0.15, -0.1) is 11.6 Å². The zero-order valence-corrected chi connectivity index (χ0v) is 22.3. The van der Waals surface area contributed by atoms with E-state index in [0.717, 1.165) is 13.0 Å². The van der Waals surface area contributed by atoms with Crippen molar-refractivity contribution in [2.75, 3.05) is 0 Å². The molecule has 0 saturated carbocycles. The van der Waals surface area contributed by atoms with Crippen LogP contribution in [0.25, 0.3) is 0 Å². The van der Waals surface area contributed by atoms with Crippen LogP contribution < -0.4 is 4.74 Å². The summed E-state index contributed by atoms with van der Waals surface area (Å²) in [5.41, 5.74) is -0.763. The summed E-state index contributed by atoms with van der Waals surface area (Å²) >= 11 is 22.5. The Kier molecular flexibility index (Phi) is 10.6. The lowest BCUT2D eigenvalue weighted by molar-refractivity contribution is -0.461. The summed E-state index contributed by atoms with van der Waals surface area (Å²) in [7, 11) is 0. The first-order valence-corrected chi connectivity index (χ1v) is 11.5. The summed E-state index contributed by atoms with van der Waals surface area (Å²) in [6.07, 6.45) is -12.2. The second-order valence-electron chi connectivity index (χ2n) is 8.21. The number of rotatable bonds is 11. The molecule has 0 fully saturated rings. The minimum absolute atomic E-state index is 0.543. The molecule has 1 unspecified atom stereocenters. The molecule has 244 valence electrons. The van der Waals surface area contributed by atoms with E-state index >= 15 is 0 Å². The number of ether oxygens (including phenoxy) is 1. The Labute approximate surface area is 241 Å². The first-order valence-electron chi connectivity index (χ1n) is 9.96. The summed E-state index contributed by atoms with van der Waals surface area (Å²) in [6, 6.07) is 0.792. The van der Waals surface area contributed by atoms with Crippen LogP contribution in [0.4, 0.5) is 74.6 Å². The third-order valence-corrected chi connectivity index (χ3v) is 6.57. The van der Waals surface area contributed by atoms with Gasteiger partial charge in [-0.25, -0.2) is 0 Å². The summed E-state index contributed by atoms with van der Waals surface area (Å²) < 4.78 is 233. The SMILES string of the molecule is CC(=O)Oc1c(Cl)cc(Cl)c(Cl)c1CC(Cl)CC(F)(F)C(F)(F)C(F)(F)C(F)(F)C(F)(F)C(F)(F)C(F)(F)C(F)(F)F. The molecule has 0 bridgehead atoms. The van der Waals surface area contributed by atoms with Crippen molar-refractivity contribution < 1.29 is 84.2 Å². The van der Waals surface area contributed by atoms with Crippen LogP contribution in [0.2, 0.25) is 15.1 Å². The Morgan fingerprint density at radius 1 is 0.690 bits per heavy atom. The van der Waals surface area contributed by atoms with E-state index in [0.29, 0.717) is 0 Å². The van der Waals surface area contributed by atoms with Gasteiger partial charge in [0.25, 0.3) is 0 Å². The van der Waals surface area contributed by atoms with Crippen molar-refractivity contribution in [2.24, 2.45) is 0 Å². The van der Waals surface area contributed by atoms with Crippen molar-refractivity contribution in [3.63, 3.8) is 0 Å². The highest BCUT2D eigenvalue weighted by molar-refractivity contribution is 6.44. The highest BCUT2D eigenvalue weighted by atomic mass is 35.5. The quantitative estimate of drug-likeness (QED) is 0.0744. The molecular weight excluding hydrogens is 725 g/mol. The highest BCUT2D eigenvalue weighted by Crippen LogP contribution is 2.64. The van der Waals surface area contributed by atoms with Gasteiger partial charge in [0.2, 0.25) is 0 Å². The maximum absolute atomic E-state index is 14.3. The molecule has 0 heterocycles. The predicted molar refractivity (Wildman–Crippen MR) is 111 cm³/mol. The minimum atomic E-state index is -8.74. The second kappa shape index (κ2) is 11.5. The largest absolute Gasteiger partial charge is 0.460 e. The maximum Gasteiger partial charge on any atom is 0.460 e. The molecule has 0 radical (unpaired) electrons. The van der Waals surface area contributed by atoms with E-state index in [1.165, 1.54) is 0 Å². The van der Waals surface area contributed by atoms with Crippen LogP contribution in [0.1, 0.15) is 18.9 Å². The smallest absolute Gasteiger partial charge is 0.425 e. The van der Waals surface area contributed by atoms with Crippen molar-refractivity contribution in [1.82, 2.24) is 0 Å². The number of carbonyl (C=O) groups excluding carboxylic acids is 1. The summed E-state index contributed by atoms with van der Waals surface area (Å²) in [6.45, 7) is 0.738. The van der Waals surface area contributed by atoms with Gasteiger partial charge in [-0.2, -0.15) is 74.6 Å². The van der Waals surface area contributed by atoms with E-state index in [-0.39, 0.29) is 0 Å². The normalized spacial score (nSPS) is 15.6. The van der Waals surface area contributed by atoms with Crippen molar-refractivity contribution in [2.45, 2.75) is 72.8 Å². The molecule has 1 atom stereocenters. The van der Waals surface area contributed by atoms with Crippen LogP contribution in [0.3, 0.4) is 0 Å². The molecule has 23 heteroatoms. The second-order valence-corrected chi connectivity index (χ2v) is 10.0. The van der Waals surface area contributed by atoms with Crippen LogP contribution in [0.5, 0.6) is 5.75 Å². The fourth-order valence-corrected chi connectivity index (χ4v) is 4.07. The van der Waals surface area contributed by atoms with Gasteiger partial charge in [0, 0.05) is 24.3 Å². The standard InChI is InChI=1S/C19H9Cl4F17O2/c1-5(41)42-11-7(10(23)8(21)3-9(11)22)2-6(20)4-12(24,25)13(26,27)14(28,29)15(30,31)16(32,33)17(34,35)18(36,37)19(38,39)40/h3,6H,2,4H2,1H3. The van der Waals surface area contributed by atoms with Gasteiger partial charge in [0.15, 0.2) is 5.75 Å². The third kappa shape index (κ3) is 6.12. The monoisotopic (exact) mass is 732 g/mol. The van der Waals surface area contributed by atoms with Gasteiger partial charge in [0.05, 0.1) is 15.1 Å².